The van der Waals surface area contributed by atoms with E-state index in [0.717, 1.165) is 16.5 Å². The van der Waals surface area contributed by atoms with Crippen LogP contribution in [0.4, 0.5) is 5.69 Å². The lowest BCUT2D eigenvalue weighted by Gasteiger charge is -2.05. The van der Waals surface area contributed by atoms with Crippen molar-refractivity contribution in [2.24, 2.45) is 0 Å². The van der Waals surface area contributed by atoms with E-state index in [1.54, 1.807) is 12.3 Å². The van der Waals surface area contributed by atoms with E-state index < -0.39 is 10.9 Å². The summed E-state index contributed by atoms with van der Waals surface area (Å²) < 4.78 is 6.91. The molecule has 0 aliphatic carbocycles. The Labute approximate surface area is 170 Å². The Hall–Kier alpha value is -3.59. The zero-order valence-corrected chi connectivity index (χ0v) is 16.5. The summed E-state index contributed by atoms with van der Waals surface area (Å²) in [5.41, 5.74) is 2.64. The Morgan fingerprint density at radius 1 is 1.28 bits per heavy atom. The molecule has 29 heavy (non-hydrogen) atoms. The van der Waals surface area contributed by atoms with Gasteiger partial charge in [-0.25, -0.2) is 9.78 Å². The van der Waals surface area contributed by atoms with Gasteiger partial charge in [0.2, 0.25) is 5.78 Å². The smallest absolute Gasteiger partial charge is 0.331 e. The minimum absolute atomic E-state index is 0.0364. The van der Waals surface area contributed by atoms with Gasteiger partial charge in [-0.1, -0.05) is 0 Å². The summed E-state index contributed by atoms with van der Waals surface area (Å²) in [4.78, 5) is 38.8. The highest BCUT2D eigenvalue weighted by molar-refractivity contribution is 7.12. The molecule has 3 aromatic rings. The van der Waals surface area contributed by atoms with E-state index in [2.05, 4.69) is 4.98 Å². The molecule has 0 fully saturated rings. The van der Waals surface area contributed by atoms with Crippen molar-refractivity contribution in [2.45, 2.75) is 13.8 Å². The molecular formula is C20H17N3O5S. The number of hydrogen-bond donors (Lipinski definition) is 0. The average molecular weight is 411 g/mol. The number of carbonyl (C=O) groups is 2. The van der Waals surface area contributed by atoms with Gasteiger partial charge in [-0.05, 0) is 43.7 Å². The van der Waals surface area contributed by atoms with Gasteiger partial charge in [0.05, 0.1) is 4.92 Å². The normalized spacial score (nSPS) is 11.0. The van der Waals surface area contributed by atoms with Crippen molar-refractivity contribution in [3.8, 4) is 5.13 Å². The van der Waals surface area contributed by atoms with E-state index in [-0.39, 0.29) is 18.1 Å². The number of thiazole rings is 1. The number of nitrogens with zero attached hydrogens (tertiary/aromatic N) is 3. The summed E-state index contributed by atoms with van der Waals surface area (Å²) in [6, 6.07) is 7.46. The van der Waals surface area contributed by atoms with Crippen LogP contribution in [-0.2, 0) is 9.53 Å². The number of rotatable bonds is 7. The van der Waals surface area contributed by atoms with Crippen LogP contribution in [0.3, 0.4) is 0 Å². The Balaban J connectivity index is 1.61. The topological polar surface area (TPSA) is 104 Å². The number of non-ortho nitro benzene ring substituents is 1. The number of Topliss-reactive ketones (excluding diaryl/α,β-unsaturated/α-hetero) is 1. The summed E-state index contributed by atoms with van der Waals surface area (Å²) >= 11 is 1.46. The van der Waals surface area contributed by atoms with Gasteiger partial charge in [-0.15, -0.1) is 11.3 Å². The molecule has 0 amide bonds. The first-order valence-electron chi connectivity index (χ1n) is 8.58. The van der Waals surface area contributed by atoms with Gasteiger partial charge in [-0.3, -0.25) is 19.5 Å². The van der Waals surface area contributed by atoms with Crippen LogP contribution >= 0.6 is 11.3 Å². The number of aryl methyl sites for hydroxylation is 1. The summed E-state index contributed by atoms with van der Waals surface area (Å²) in [5.74, 6) is -0.983. The zero-order chi connectivity index (χ0) is 21.0. The van der Waals surface area contributed by atoms with E-state index in [0.29, 0.717) is 11.1 Å². The fourth-order valence-corrected chi connectivity index (χ4v) is 3.55. The molecule has 9 heteroatoms. The zero-order valence-electron chi connectivity index (χ0n) is 15.7. The fraction of sp³-hybridized carbons (Fsp3) is 0.150. The maximum absolute atomic E-state index is 12.5. The first kappa shape index (κ1) is 20.2. The molecule has 2 heterocycles. The molecule has 8 nitrogen and oxygen atoms in total. The van der Waals surface area contributed by atoms with Crippen LogP contribution in [0.25, 0.3) is 11.2 Å². The van der Waals surface area contributed by atoms with E-state index in [1.165, 1.54) is 47.8 Å². The highest BCUT2D eigenvalue weighted by Gasteiger charge is 2.18. The Morgan fingerprint density at radius 3 is 2.62 bits per heavy atom. The number of nitro groups is 1. The van der Waals surface area contributed by atoms with Gasteiger partial charge in [0.25, 0.3) is 5.69 Å². The van der Waals surface area contributed by atoms with E-state index in [1.807, 2.05) is 23.8 Å². The molecule has 0 saturated heterocycles. The molecule has 1 aromatic carbocycles. The lowest BCUT2D eigenvalue weighted by atomic mass is 10.1. The first-order valence-corrected chi connectivity index (χ1v) is 9.46. The van der Waals surface area contributed by atoms with Crippen LogP contribution in [-0.4, -0.2) is 32.8 Å². The number of esters is 1. The second-order valence-corrected chi connectivity index (χ2v) is 7.02. The molecule has 0 aliphatic rings. The van der Waals surface area contributed by atoms with Gasteiger partial charge >= 0.3 is 5.97 Å². The van der Waals surface area contributed by atoms with Crippen LogP contribution in [0.1, 0.15) is 27.3 Å². The van der Waals surface area contributed by atoms with Crippen LogP contribution < -0.4 is 0 Å². The summed E-state index contributed by atoms with van der Waals surface area (Å²) in [7, 11) is 0. The SMILES string of the molecule is Cc1cc(C(=O)COC(=O)/C=C/c2ccc([N+](=O)[O-])cc2)c(C)n1-c1nccs1. The second kappa shape index (κ2) is 8.61. The maximum atomic E-state index is 12.5. The van der Waals surface area contributed by atoms with Crippen LogP contribution in [0.2, 0.25) is 0 Å². The van der Waals surface area contributed by atoms with Crippen LogP contribution in [0.15, 0.2) is 48.0 Å². The third-order valence-electron chi connectivity index (χ3n) is 4.20. The molecule has 0 radical (unpaired) electrons. The van der Waals surface area contributed by atoms with Gasteiger partial charge < -0.3 is 4.74 Å². The van der Waals surface area contributed by atoms with E-state index in [9.17, 15) is 19.7 Å². The third kappa shape index (κ3) is 4.64. The molecule has 2 aromatic heterocycles. The number of benzene rings is 1. The van der Waals surface area contributed by atoms with Crippen molar-refractivity contribution >= 4 is 34.9 Å². The van der Waals surface area contributed by atoms with E-state index >= 15 is 0 Å². The third-order valence-corrected chi connectivity index (χ3v) is 4.96. The monoisotopic (exact) mass is 411 g/mol. The van der Waals surface area contributed by atoms with Crippen molar-refractivity contribution in [1.82, 2.24) is 9.55 Å². The molecule has 0 atom stereocenters. The number of ketones is 1. The van der Waals surface area contributed by atoms with Crippen molar-refractivity contribution in [2.75, 3.05) is 6.61 Å². The summed E-state index contributed by atoms with van der Waals surface area (Å²) in [6.45, 7) is 3.31. The molecule has 0 N–H and O–H groups in total. The minimum atomic E-state index is -0.676. The molecule has 0 spiro atoms. The second-order valence-electron chi connectivity index (χ2n) is 6.15. The molecule has 0 unspecified atom stereocenters. The Kier molecular flexibility index (Phi) is 5.99. The summed E-state index contributed by atoms with van der Waals surface area (Å²) in [6.07, 6.45) is 4.33. The van der Waals surface area contributed by atoms with Gasteiger partial charge in [0.1, 0.15) is 0 Å². The van der Waals surface area contributed by atoms with E-state index in [4.69, 9.17) is 4.74 Å². The number of ether oxygens (including phenoxy) is 1. The number of carbonyl (C=O) groups excluding carboxylic acids is 2. The predicted molar refractivity (Wildman–Crippen MR) is 108 cm³/mol. The molecule has 3 rings (SSSR count). The van der Waals surface area contributed by atoms with Crippen molar-refractivity contribution in [1.29, 1.82) is 0 Å². The standard InChI is InChI=1S/C20H17N3O5S/c1-13-11-17(14(2)22(13)20-21-9-10-29-20)18(24)12-28-19(25)8-5-15-3-6-16(7-4-15)23(26)27/h3-11H,12H2,1-2H3/b8-5+. The average Bonchev–Trinajstić information content (AvgIpc) is 3.32. The number of nitro benzene ring substituents is 1. The van der Waals surface area contributed by atoms with Crippen molar-refractivity contribution in [3.63, 3.8) is 0 Å². The van der Waals surface area contributed by atoms with Crippen molar-refractivity contribution in [3.05, 3.63) is 80.6 Å². The molecule has 0 saturated carbocycles. The Bertz CT molecular complexity index is 1080. The van der Waals surface area contributed by atoms with Gasteiger partial charge in [0, 0.05) is 46.7 Å². The maximum Gasteiger partial charge on any atom is 0.331 e. The highest BCUT2D eigenvalue weighted by atomic mass is 32.1. The first-order chi connectivity index (χ1) is 13.9. The minimum Gasteiger partial charge on any atom is -0.454 e. The quantitative estimate of drug-likeness (QED) is 0.192. The lowest BCUT2D eigenvalue weighted by Crippen LogP contribution is -2.13. The molecular weight excluding hydrogens is 394 g/mol. The molecule has 0 aliphatic heterocycles. The van der Waals surface area contributed by atoms with Gasteiger partial charge in [0.15, 0.2) is 11.7 Å². The molecule has 0 bridgehead atoms. The van der Waals surface area contributed by atoms with Crippen LogP contribution in [0, 0.1) is 24.0 Å². The number of hydrogen-bond acceptors (Lipinski definition) is 7. The lowest BCUT2D eigenvalue weighted by molar-refractivity contribution is -0.384. The predicted octanol–water partition coefficient (Wildman–Crippen LogP) is 3.90. The number of aromatic nitrogens is 2. The molecule has 148 valence electrons. The Morgan fingerprint density at radius 2 is 2.00 bits per heavy atom. The summed E-state index contributed by atoms with van der Waals surface area (Å²) in [5, 5.41) is 13.3. The fourth-order valence-electron chi connectivity index (χ4n) is 2.80. The van der Waals surface area contributed by atoms with Crippen molar-refractivity contribution < 1.29 is 19.2 Å². The largest absolute Gasteiger partial charge is 0.454 e. The van der Waals surface area contributed by atoms with Gasteiger partial charge in [-0.2, -0.15) is 0 Å². The highest BCUT2D eigenvalue weighted by Crippen LogP contribution is 2.22. The van der Waals surface area contributed by atoms with Crippen LogP contribution in [0.5, 0.6) is 0 Å².